The van der Waals surface area contributed by atoms with Crippen molar-refractivity contribution in [1.29, 1.82) is 0 Å². The van der Waals surface area contributed by atoms with Gasteiger partial charge in [-0.05, 0) is 54.4 Å². The zero-order valence-corrected chi connectivity index (χ0v) is 17.3. The summed E-state index contributed by atoms with van der Waals surface area (Å²) in [4.78, 5) is 25.8. The predicted molar refractivity (Wildman–Crippen MR) is 117 cm³/mol. The highest BCUT2D eigenvalue weighted by Gasteiger charge is 2.34. The van der Waals surface area contributed by atoms with Crippen LogP contribution in [0.5, 0.6) is 11.5 Å². The molecule has 31 heavy (non-hydrogen) atoms. The number of amides is 2. The van der Waals surface area contributed by atoms with Crippen LogP contribution in [-0.4, -0.2) is 30.5 Å². The fourth-order valence-electron chi connectivity index (χ4n) is 3.41. The minimum atomic E-state index is -0.587. The molecule has 4 rings (SSSR count). The molecule has 0 bridgehead atoms. The Bertz CT molecular complexity index is 1100. The summed E-state index contributed by atoms with van der Waals surface area (Å²) in [7, 11) is 1.59. The van der Waals surface area contributed by atoms with Gasteiger partial charge in [-0.1, -0.05) is 36.4 Å². The smallest absolute Gasteiger partial charge is 0.276 e. The molecule has 0 radical (unpaired) electrons. The summed E-state index contributed by atoms with van der Waals surface area (Å²) in [6.45, 7) is 1.73. The maximum absolute atomic E-state index is 13.2. The number of hydrogen-bond donors (Lipinski definition) is 2. The average molecular weight is 417 g/mol. The summed E-state index contributed by atoms with van der Waals surface area (Å²) < 4.78 is 10.8. The van der Waals surface area contributed by atoms with Gasteiger partial charge in [0.15, 0.2) is 6.61 Å². The van der Waals surface area contributed by atoms with E-state index < -0.39 is 12.1 Å². The Morgan fingerprint density at radius 2 is 1.81 bits per heavy atom. The quantitative estimate of drug-likeness (QED) is 0.640. The van der Waals surface area contributed by atoms with Gasteiger partial charge in [0.1, 0.15) is 17.7 Å². The van der Waals surface area contributed by atoms with E-state index in [2.05, 4.69) is 10.7 Å². The number of nitrogens with zero attached hydrogens (tertiary/aromatic N) is 1. The monoisotopic (exact) mass is 417 g/mol. The van der Waals surface area contributed by atoms with Crippen LogP contribution in [0, 0.1) is 6.92 Å². The molecular formula is C24H23N3O4. The minimum absolute atomic E-state index is 0.218. The molecule has 3 aromatic rings. The fraction of sp³-hybridized carbons (Fsp3) is 0.167. The zero-order chi connectivity index (χ0) is 21.8. The van der Waals surface area contributed by atoms with Crippen molar-refractivity contribution in [2.24, 2.45) is 0 Å². The molecule has 0 aliphatic carbocycles. The van der Waals surface area contributed by atoms with E-state index in [1.807, 2.05) is 61.5 Å². The molecule has 0 saturated heterocycles. The van der Waals surface area contributed by atoms with Crippen LogP contribution in [-0.2, 0) is 4.79 Å². The lowest BCUT2D eigenvalue weighted by Gasteiger charge is -2.37. The Balaban J connectivity index is 1.55. The van der Waals surface area contributed by atoms with E-state index in [-0.39, 0.29) is 12.5 Å². The van der Waals surface area contributed by atoms with E-state index in [9.17, 15) is 9.59 Å². The second-order valence-corrected chi connectivity index (χ2v) is 7.18. The van der Waals surface area contributed by atoms with E-state index in [4.69, 9.17) is 9.47 Å². The number of rotatable bonds is 6. The Hall–Kier alpha value is -4.00. The van der Waals surface area contributed by atoms with Gasteiger partial charge in [-0.25, -0.2) is 5.01 Å². The van der Waals surface area contributed by atoms with Crippen molar-refractivity contribution in [3.63, 3.8) is 0 Å². The molecule has 1 unspecified atom stereocenters. The van der Waals surface area contributed by atoms with Gasteiger partial charge in [-0.2, -0.15) is 0 Å². The topological polar surface area (TPSA) is 79.9 Å². The summed E-state index contributed by atoms with van der Waals surface area (Å²) in [6.07, 6.45) is -0.587. The first-order chi connectivity index (χ1) is 15.0. The largest absolute Gasteiger partial charge is 0.497 e. The Kier molecular flexibility index (Phi) is 5.75. The number of anilines is 1. The Morgan fingerprint density at radius 3 is 2.55 bits per heavy atom. The zero-order valence-electron chi connectivity index (χ0n) is 17.3. The molecule has 3 aromatic carbocycles. The number of ether oxygens (including phenoxy) is 2. The highest BCUT2D eigenvalue weighted by atomic mass is 16.5. The van der Waals surface area contributed by atoms with Gasteiger partial charge in [-0.3, -0.25) is 15.0 Å². The number of carbonyl (C=O) groups is 2. The first-order valence-corrected chi connectivity index (χ1v) is 9.87. The highest BCUT2D eigenvalue weighted by molar-refractivity contribution is 6.02. The van der Waals surface area contributed by atoms with Gasteiger partial charge in [0.25, 0.3) is 11.8 Å². The molecule has 1 aliphatic heterocycles. The van der Waals surface area contributed by atoms with Crippen LogP contribution in [0.4, 0.5) is 5.69 Å². The van der Waals surface area contributed by atoms with Crippen LogP contribution < -0.4 is 20.2 Å². The third-order valence-electron chi connectivity index (χ3n) is 4.96. The first kappa shape index (κ1) is 20.3. The van der Waals surface area contributed by atoms with Gasteiger partial charge in [0.2, 0.25) is 0 Å². The van der Waals surface area contributed by atoms with Crippen molar-refractivity contribution >= 4 is 17.5 Å². The lowest BCUT2D eigenvalue weighted by Crippen LogP contribution is -2.53. The van der Waals surface area contributed by atoms with E-state index >= 15 is 0 Å². The van der Waals surface area contributed by atoms with Gasteiger partial charge < -0.3 is 14.8 Å². The molecule has 1 atom stereocenters. The molecule has 1 aliphatic rings. The Labute approximate surface area is 180 Å². The fourth-order valence-corrected chi connectivity index (χ4v) is 3.41. The second kappa shape index (κ2) is 8.79. The number of hydrogen-bond acceptors (Lipinski definition) is 5. The van der Waals surface area contributed by atoms with Crippen molar-refractivity contribution < 1.29 is 19.1 Å². The van der Waals surface area contributed by atoms with Crippen LogP contribution in [0.15, 0.2) is 72.8 Å². The predicted octanol–water partition coefficient (Wildman–Crippen LogP) is 3.68. The van der Waals surface area contributed by atoms with Crippen LogP contribution in [0.2, 0.25) is 0 Å². The number of nitrogens with one attached hydrogen (secondary N) is 2. The summed E-state index contributed by atoms with van der Waals surface area (Å²) >= 11 is 0. The number of aryl methyl sites for hydroxylation is 1. The van der Waals surface area contributed by atoms with Gasteiger partial charge in [-0.15, -0.1) is 0 Å². The number of methoxy groups -OCH3 is 1. The van der Waals surface area contributed by atoms with E-state index in [1.165, 1.54) is 5.01 Å². The highest BCUT2D eigenvalue weighted by Crippen LogP contribution is 2.32. The van der Waals surface area contributed by atoms with E-state index in [0.717, 1.165) is 11.1 Å². The first-order valence-electron chi connectivity index (χ1n) is 9.87. The van der Waals surface area contributed by atoms with Crippen molar-refractivity contribution in [2.75, 3.05) is 19.0 Å². The maximum Gasteiger partial charge on any atom is 0.276 e. The number of benzene rings is 3. The lowest BCUT2D eigenvalue weighted by molar-refractivity contribution is -0.127. The molecule has 158 valence electrons. The standard InChI is InChI=1S/C24H23N3O4/c1-16-6-5-7-19(14-16)31-15-22(28)26-27-23(17-10-12-18(30-2)13-11-17)25-21-9-4-3-8-20(21)24(27)29/h3-14,23,25H,15H2,1-2H3,(H,26,28). The van der Waals surface area contributed by atoms with Crippen molar-refractivity contribution in [3.8, 4) is 11.5 Å². The SMILES string of the molecule is COc1ccc(C2Nc3ccccc3C(=O)N2NC(=O)COc2cccc(C)c2)cc1. The van der Waals surface area contributed by atoms with E-state index in [0.29, 0.717) is 22.7 Å². The van der Waals surface area contributed by atoms with Gasteiger partial charge in [0.05, 0.1) is 12.7 Å². The number of hydrazine groups is 1. The normalized spacial score (nSPS) is 15.0. The summed E-state index contributed by atoms with van der Waals surface area (Å²) in [5, 5.41) is 4.62. The molecule has 0 fully saturated rings. The van der Waals surface area contributed by atoms with Crippen LogP contribution >= 0.6 is 0 Å². The Morgan fingerprint density at radius 1 is 1.03 bits per heavy atom. The summed E-state index contributed by atoms with van der Waals surface area (Å²) in [5.41, 5.74) is 5.71. The lowest BCUT2D eigenvalue weighted by atomic mass is 10.0. The van der Waals surface area contributed by atoms with Crippen LogP contribution in [0.3, 0.4) is 0 Å². The number of para-hydroxylation sites is 1. The van der Waals surface area contributed by atoms with Crippen LogP contribution in [0.25, 0.3) is 0 Å². The average Bonchev–Trinajstić information content (AvgIpc) is 2.79. The van der Waals surface area contributed by atoms with Crippen molar-refractivity contribution in [1.82, 2.24) is 10.4 Å². The number of carbonyl (C=O) groups excluding carboxylic acids is 2. The molecule has 0 saturated carbocycles. The van der Waals surface area contributed by atoms with Crippen molar-refractivity contribution in [3.05, 3.63) is 89.5 Å². The molecule has 7 heteroatoms. The third kappa shape index (κ3) is 4.45. The molecule has 0 aromatic heterocycles. The minimum Gasteiger partial charge on any atom is -0.497 e. The molecule has 1 heterocycles. The number of fused-ring (bicyclic) bond motifs is 1. The summed E-state index contributed by atoms with van der Waals surface area (Å²) in [5.74, 6) is 0.553. The van der Waals surface area contributed by atoms with Crippen LogP contribution in [0.1, 0.15) is 27.7 Å². The third-order valence-corrected chi connectivity index (χ3v) is 4.96. The summed E-state index contributed by atoms with van der Waals surface area (Å²) in [6, 6.07) is 21.9. The van der Waals surface area contributed by atoms with Crippen molar-refractivity contribution in [2.45, 2.75) is 13.1 Å². The maximum atomic E-state index is 13.2. The molecule has 2 amide bonds. The van der Waals surface area contributed by atoms with E-state index in [1.54, 1.807) is 25.3 Å². The van der Waals surface area contributed by atoms with Gasteiger partial charge in [0, 0.05) is 5.69 Å². The molecular weight excluding hydrogens is 394 g/mol. The second-order valence-electron chi connectivity index (χ2n) is 7.18. The van der Waals surface area contributed by atoms with Gasteiger partial charge >= 0.3 is 0 Å². The molecule has 7 nitrogen and oxygen atoms in total. The molecule has 2 N–H and O–H groups in total. The molecule has 0 spiro atoms.